The van der Waals surface area contributed by atoms with E-state index >= 15 is 0 Å². The Morgan fingerprint density at radius 1 is 1.05 bits per heavy atom. The van der Waals surface area contributed by atoms with Gasteiger partial charge in [0.2, 0.25) is 0 Å². The van der Waals surface area contributed by atoms with Crippen LogP contribution in [0, 0.1) is 0 Å². The Morgan fingerprint density at radius 3 is 2.43 bits per heavy atom. The van der Waals surface area contributed by atoms with Crippen molar-refractivity contribution in [2.45, 2.75) is 0 Å². The normalized spacial score (nSPS) is 16.8. The van der Waals surface area contributed by atoms with Crippen molar-refractivity contribution in [1.29, 1.82) is 0 Å². The number of amides is 1. The molecule has 0 aromatic heterocycles. The number of phenolic OH excluding ortho intramolecular Hbond substituents is 1. The number of benzene rings is 2. The lowest BCUT2D eigenvalue weighted by atomic mass is 10.2. The molecule has 1 amide bonds. The molecule has 2 aromatic rings. The fourth-order valence-corrected chi connectivity index (χ4v) is 3.31. The summed E-state index contributed by atoms with van der Waals surface area (Å²) in [5.41, 5.74) is 1.35. The number of hydrogen-bond acceptors (Lipinski definition) is 4. The van der Waals surface area contributed by atoms with Crippen molar-refractivity contribution in [2.75, 3.05) is 4.90 Å². The van der Waals surface area contributed by atoms with Crippen molar-refractivity contribution in [3.05, 3.63) is 65.1 Å². The van der Waals surface area contributed by atoms with E-state index in [0.717, 1.165) is 5.69 Å². The minimum absolute atomic E-state index is 0.141. The van der Waals surface area contributed by atoms with Gasteiger partial charge in [-0.2, -0.15) is 0 Å². The van der Waals surface area contributed by atoms with Crippen molar-refractivity contribution in [1.82, 2.24) is 0 Å². The van der Waals surface area contributed by atoms with Crippen LogP contribution in [0.5, 0.6) is 5.75 Å². The van der Waals surface area contributed by atoms with Crippen LogP contribution in [-0.4, -0.2) is 15.3 Å². The first-order valence-corrected chi connectivity index (χ1v) is 7.50. The molecule has 1 heterocycles. The molecule has 0 aliphatic carbocycles. The summed E-state index contributed by atoms with van der Waals surface area (Å²) >= 11 is 6.53. The van der Waals surface area contributed by atoms with Gasteiger partial charge >= 0.3 is 0 Å². The number of thiocarbonyl (C=S) groups is 1. The molecule has 3 rings (SSSR count). The Balaban J connectivity index is 1.96. The third-order valence-corrected chi connectivity index (χ3v) is 4.33. The lowest BCUT2D eigenvalue weighted by Crippen LogP contribution is -2.27. The zero-order valence-electron chi connectivity index (χ0n) is 10.9. The van der Waals surface area contributed by atoms with E-state index in [2.05, 4.69) is 0 Å². The van der Waals surface area contributed by atoms with E-state index in [-0.39, 0.29) is 11.7 Å². The first-order valence-electron chi connectivity index (χ1n) is 6.28. The first kappa shape index (κ1) is 13.9. The zero-order chi connectivity index (χ0) is 14.8. The number of hydrogen-bond donors (Lipinski definition) is 1. The van der Waals surface area contributed by atoms with Gasteiger partial charge in [-0.25, -0.2) is 0 Å². The quantitative estimate of drug-likeness (QED) is 0.676. The van der Waals surface area contributed by atoms with E-state index in [9.17, 15) is 9.90 Å². The highest BCUT2D eigenvalue weighted by Crippen LogP contribution is 2.36. The molecule has 5 heteroatoms. The molecule has 0 saturated carbocycles. The lowest BCUT2D eigenvalue weighted by molar-refractivity contribution is -0.113. The van der Waals surface area contributed by atoms with Crippen LogP contribution in [-0.2, 0) is 4.79 Å². The van der Waals surface area contributed by atoms with E-state index in [1.807, 2.05) is 36.4 Å². The van der Waals surface area contributed by atoms with Crippen LogP contribution in [0.4, 0.5) is 5.69 Å². The van der Waals surface area contributed by atoms with Gasteiger partial charge < -0.3 is 5.11 Å². The summed E-state index contributed by atoms with van der Waals surface area (Å²) in [7, 11) is 0. The number of para-hydroxylation sites is 2. The van der Waals surface area contributed by atoms with Crippen LogP contribution in [0.15, 0.2) is 59.5 Å². The molecule has 1 saturated heterocycles. The molecule has 1 fully saturated rings. The highest BCUT2D eigenvalue weighted by atomic mass is 32.2. The maximum atomic E-state index is 12.5. The summed E-state index contributed by atoms with van der Waals surface area (Å²) in [6.45, 7) is 0. The van der Waals surface area contributed by atoms with Gasteiger partial charge in [0.05, 0.1) is 10.6 Å². The van der Waals surface area contributed by atoms with Crippen LogP contribution in [0.2, 0.25) is 0 Å². The van der Waals surface area contributed by atoms with Gasteiger partial charge in [0.25, 0.3) is 5.91 Å². The van der Waals surface area contributed by atoms with E-state index in [4.69, 9.17) is 12.2 Å². The maximum absolute atomic E-state index is 12.5. The van der Waals surface area contributed by atoms with Crippen LogP contribution >= 0.6 is 24.0 Å². The molecule has 0 radical (unpaired) electrons. The predicted octanol–water partition coefficient (Wildman–Crippen LogP) is 3.80. The van der Waals surface area contributed by atoms with Crippen molar-refractivity contribution in [3.8, 4) is 5.75 Å². The Bertz CT molecular complexity index is 741. The summed E-state index contributed by atoms with van der Waals surface area (Å²) < 4.78 is 0.493. The number of nitrogens with zero attached hydrogens (tertiary/aromatic N) is 1. The minimum Gasteiger partial charge on any atom is -0.507 e. The van der Waals surface area contributed by atoms with Gasteiger partial charge in [-0.05, 0) is 24.3 Å². The highest BCUT2D eigenvalue weighted by molar-refractivity contribution is 8.27. The lowest BCUT2D eigenvalue weighted by Gasteiger charge is -2.13. The SMILES string of the molecule is O=C1/C(=C/c2ccccc2O)SC(=S)N1c1ccccc1. The maximum Gasteiger partial charge on any atom is 0.270 e. The minimum atomic E-state index is -0.167. The van der Waals surface area contributed by atoms with Crippen molar-refractivity contribution < 1.29 is 9.90 Å². The van der Waals surface area contributed by atoms with E-state index in [0.29, 0.717) is 14.8 Å². The third kappa shape index (κ3) is 2.70. The largest absolute Gasteiger partial charge is 0.507 e. The van der Waals surface area contributed by atoms with Crippen LogP contribution < -0.4 is 4.90 Å². The second-order valence-corrected chi connectivity index (χ2v) is 6.09. The van der Waals surface area contributed by atoms with Gasteiger partial charge in [-0.15, -0.1) is 0 Å². The Labute approximate surface area is 131 Å². The number of anilines is 1. The summed E-state index contributed by atoms with van der Waals surface area (Å²) in [6.07, 6.45) is 1.66. The molecular formula is C16H11NO2S2. The van der Waals surface area contributed by atoms with Crippen LogP contribution in [0.3, 0.4) is 0 Å². The second kappa shape index (κ2) is 5.71. The summed E-state index contributed by atoms with van der Waals surface area (Å²) in [5, 5.41) is 9.79. The number of aromatic hydroxyl groups is 1. The van der Waals surface area contributed by atoms with Gasteiger partial charge in [-0.1, -0.05) is 60.4 Å². The highest BCUT2D eigenvalue weighted by Gasteiger charge is 2.33. The van der Waals surface area contributed by atoms with Gasteiger partial charge in [-0.3, -0.25) is 9.69 Å². The first-order chi connectivity index (χ1) is 10.2. The molecule has 1 aliphatic rings. The molecule has 1 aliphatic heterocycles. The Hall–Kier alpha value is -2.11. The number of carbonyl (C=O) groups excluding carboxylic acids is 1. The van der Waals surface area contributed by atoms with Gasteiger partial charge in [0.1, 0.15) is 5.75 Å². The average molecular weight is 313 g/mol. The van der Waals surface area contributed by atoms with E-state index in [1.165, 1.54) is 16.7 Å². The van der Waals surface area contributed by atoms with E-state index < -0.39 is 0 Å². The fraction of sp³-hybridized carbons (Fsp3) is 0. The van der Waals surface area contributed by atoms with Gasteiger partial charge in [0, 0.05) is 5.56 Å². The second-order valence-electron chi connectivity index (χ2n) is 4.41. The zero-order valence-corrected chi connectivity index (χ0v) is 12.5. The molecule has 0 atom stereocenters. The fourth-order valence-electron chi connectivity index (χ4n) is 2.02. The number of phenols is 1. The van der Waals surface area contributed by atoms with Crippen molar-refractivity contribution in [2.24, 2.45) is 0 Å². The third-order valence-electron chi connectivity index (χ3n) is 3.03. The molecule has 0 spiro atoms. The number of thioether (sulfide) groups is 1. The van der Waals surface area contributed by atoms with Crippen molar-refractivity contribution in [3.63, 3.8) is 0 Å². The van der Waals surface area contributed by atoms with Crippen LogP contribution in [0.1, 0.15) is 5.56 Å². The topological polar surface area (TPSA) is 40.5 Å². The molecular weight excluding hydrogens is 302 g/mol. The Morgan fingerprint density at radius 2 is 1.71 bits per heavy atom. The molecule has 21 heavy (non-hydrogen) atoms. The standard InChI is InChI=1S/C16H11NO2S2/c18-13-9-5-4-6-11(13)10-14-15(19)17(16(20)21-14)12-7-2-1-3-8-12/h1-10,18H/b14-10-. The Kier molecular flexibility index (Phi) is 3.77. The van der Waals surface area contributed by atoms with Crippen molar-refractivity contribution >= 4 is 46.0 Å². The molecule has 2 aromatic carbocycles. The molecule has 0 bridgehead atoms. The average Bonchev–Trinajstić information content (AvgIpc) is 2.77. The number of carbonyl (C=O) groups is 1. The number of rotatable bonds is 2. The summed E-state index contributed by atoms with van der Waals surface area (Å²) in [4.78, 5) is 14.5. The van der Waals surface area contributed by atoms with E-state index in [1.54, 1.807) is 24.3 Å². The summed E-state index contributed by atoms with van der Waals surface area (Å²) in [5.74, 6) is -0.0260. The smallest absolute Gasteiger partial charge is 0.270 e. The monoisotopic (exact) mass is 313 g/mol. The molecule has 104 valence electrons. The predicted molar refractivity (Wildman–Crippen MR) is 90.2 cm³/mol. The van der Waals surface area contributed by atoms with Gasteiger partial charge in [0.15, 0.2) is 4.32 Å². The molecule has 0 unspecified atom stereocenters. The molecule has 3 nitrogen and oxygen atoms in total. The van der Waals surface area contributed by atoms with Crippen LogP contribution in [0.25, 0.3) is 6.08 Å². The summed E-state index contributed by atoms with van der Waals surface area (Å²) in [6, 6.07) is 16.2. The molecule has 1 N–H and O–H groups in total.